The predicted molar refractivity (Wildman–Crippen MR) is 81.5 cm³/mol. The third-order valence-electron chi connectivity index (χ3n) is 7.20. The standard InChI is InChI=1S/C17H30N2O/c1-16(2)13-8-9-17(16,3)14(10-13)18-15(20)19(4)11-12-6-5-7-12/h12-14H,5-11H2,1-4H3,(H,18,20)/t13-,14+,17-/m1/s1. The van der Waals surface area contributed by atoms with Gasteiger partial charge in [-0.05, 0) is 54.8 Å². The average molecular weight is 278 g/mol. The van der Waals surface area contributed by atoms with Crippen LogP contribution in [0, 0.1) is 22.7 Å². The lowest BCUT2D eigenvalue weighted by Gasteiger charge is -2.40. The molecule has 3 rings (SSSR count). The molecule has 3 aliphatic carbocycles. The summed E-state index contributed by atoms with van der Waals surface area (Å²) >= 11 is 0. The first-order valence-corrected chi connectivity index (χ1v) is 8.36. The van der Waals surface area contributed by atoms with Gasteiger partial charge in [-0.1, -0.05) is 27.2 Å². The summed E-state index contributed by atoms with van der Waals surface area (Å²) in [6.07, 6.45) is 7.72. The molecule has 20 heavy (non-hydrogen) atoms. The topological polar surface area (TPSA) is 32.3 Å². The van der Waals surface area contributed by atoms with Crippen LogP contribution in [0.15, 0.2) is 0 Å². The van der Waals surface area contributed by atoms with Crippen LogP contribution in [-0.2, 0) is 0 Å². The summed E-state index contributed by atoms with van der Waals surface area (Å²) in [6, 6.07) is 0.513. The smallest absolute Gasteiger partial charge is 0.317 e. The van der Waals surface area contributed by atoms with E-state index in [-0.39, 0.29) is 11.4 Å². The Labute approximate surface area is 123 Å². The normalized spacial score (nSPS) is 38.6. The number of amides is 2. The Morgan fingerprint density at radius 3 is 2.40 bits per heavy atom. The first-order chi connectivity index (χ1) is 9.34. The Bertz CT molecular complexity index is 402. The monoisotopic (exact) mass is 278 g/mol. The van der Waals surface area contributed by atoms with E-state index in [1.807, 2.05) is 11.9 Å². The fourth-order valence-corrected chi connectivity index (χ4v) is 4.83. The highest BCUT2D eigenvalue weighted by molar-refractivity contribution is 5.74. The van der Waals surface area contributed by atoms with Gasteiger partial charge in [-0.25, -0.2) is 4.79 Å². The highest BCUT2D eigenvalue weighted by atomic mass is 16.2. The summed E-state index contributed by atoms with van der Waals surface area (Å²) < 4.78 is 0. The quantitative estimate of drug-likeness (QED) is 0.840. The van der Waals surface area contributed by atoms with Crippen LogP contribution in [0.5, 0.6) is 0 Å². The van der Waals surface area contributed by atoms with Crippen molar-refractivity contribution in [1.82, 2.24) is 10.2 Å². The van der Waals surface area contributed by atoms with Crippen LogP contribution in [0.1, 0.15) is 59.3 Å². The molecule has 3 saturated carbocycles. The lowest BCUT2D eigenvalue weighted by Crippen LogP contribution is -2.51. The van der Waals surface area contributed by atoms with E-state index in [1.165, 1.54) is 38.5 Å². The number of urea groups is 1. The van der Waals surface area contributed by atoms with Gasteiger partial charge >= 0.3 is 6.03 Å². The van der Waals surface area contributed by atoms with E-state index < -0.39 is 0 Å². The van der Waals surface area contributed by atoms with Gasteiger partial charge in [-0.15, -0.1) is 0 Å². The maximum Gasteiger partial charge on any atom is 0.317 e. The Hall–Kier alpha value is -0.730. The third-order valence-corrected chi connectivity index (χ3v) is 7.20. The van der Waals surface area contributed by atoms with E-state index in [4.69, 9.17) is 0 Å². The highest BCUT2D eigenvalue weighted by Crippen LogP contribution is 2.65. The zero-order valence-electron chi connectivity index (χ0n) is 13.5. The van der Waals surface area contributed by atoms with E-state index >= 15 is 0 Å². The molecule has 3 atom stereocenters. The number of carbonyl (C=O) groups is 1. The Morgan fingerprint density at radius 2 is 1.95 bits per heavy atom. The van der Waals surface area contributed by atoms with Crippen LogP contribution in [0.3, 0.4) is 0 Å². The van der Waals surface area contributed by atoms with Crippen molar-refractivity contribution in [3.05, 3.63) is 0 Å². The molecule has 3 fully saturated rings. The molecule has 0 unspecified atom stereocenters. The lowest BCUT2D eigenvalue weighted by atomic mass is 9.69. The fraction of sp³-hybridized carbons (Fsp3) is 0.941. The van der Waals surface area contributed by atoms with Crippen LogP contribution < -0.4 is 5.32 Å². The SMILES string of the molecule is CN(CC1CCC1)C(=O)N[C@H]1C[C@H]2CC[C@@]1(C)C2(C)C. The van der Waals surface area contributed by atoms with Gasteiger partial charge in [0, 0.05) is 19.6 Å². The van der Waals surface area contributed by atoms with Gasteiger partial charge in [0.2, 0.25) is 0 Å². The van der Waals surface area contributed by atoms with Gasteiger partial charge < -0.3 is 10.2 Å². The molecule has 0 aromatic rings. The average Bonchev–Trinajstić information content (AvgIpc) is 2.66. The number of hydrogen-bond acceptors (Lipinski definition) is 1. The van der Waals surface area contributed by atoms with Crippen LogP contribution in [-0.4, -0.2) is 30.6 Å². The second-order valence-corrected chi connectivity index (χ2v) is 8.29. The molecular formula is C17H30N2O. The molecule has 3 aliphatic rings. The van der Waals surface area contributed by atoms with Crippen molar-refractivity contribution in [1.29, 1.82) is 0 Å². The first-order valence-electron chi connectivity index (χ1n) is 8.36. The molecule has 3 nitrogen and oxygen atoms in total. The molecule has 0 aromatic heterocycles. The van der Waals surface area contributed by atoms with Crippen LogP contribution in [0.4, 0.5) is 4.79 Å². The van der Waals surface area contributed by atoms with Crippen molar-refractivity contribution in [2.24, 2.45) is 22.7 Å². The molecule has 114 valence electrons. The maximum absolute atomic E-state index is 12.4. The van der Waals surface area contributed by atoms with E-state index in [2.05, 4.69) is 26.1 Å². The van der Waals surface area contributed by atoms with Gasteiger partial charge in [0.15, 0.2) is 0 Å². The summed E-state index contributed by atoms with van der Waals surface area (Å²) in [4.78, 5) is 14.3. The highest BCUT2D eigenvalue weighted by Gasteiger charge is 2.61. The molecule has 0 heterocycles. The summed E-state index contributed by atoms with van der Waals surface area (Å²) in [5, 5.41) is 3.35. The van der Waals surface area contributed by atoms with Crippen molar-refractivity contribution in [3.63, 3.8) is 0 Å². The number of nitrogens with zero attached hydrogens (tertiary/aromatic N) is 1. The minimum absolute atomic E-state index is 0.145. The number of hydrogen-bond donors (Lipinski definition) is 1. The summed E-state index contributed by atoms with van der Waals surface area (Å²) in [5.41, 5.74) is 0.655. The number of carbonyl (C=O) groups excluding carboxylic acids is 1. The Morgan fingerprint density at radius 1 is 1.25 bits per heavy atom. The van der Waals surface area contributed by atoms with Crippen LogP contribution >= 0.6 is 0 Å². The predicted octanol–water partition coefficient (Wildman–Crippen LogP) is 3.64. The largest absolute Gasteiger partial charge is 0.335 e. The minimum Gasteiger partial charge on any atom is -0.335 e. The molecule has 0 saturated heterocycles. The second-order valence-electron chi connectivity index (χ2n) is 8.29. The van der Waals surface area contributed by atoms with Gasteiger partial charge in [0.1, 0.15) is 0 Å². The molecule has 0 radical (unpaired) electrons. The fourth-order valence-electron chi connectivity index (χ4n) is 4.83. The van der Waals surface area contributed by atoms with E-state index in [0.29, 0.717) is 11.5 Å². The van der Waals surface area contributed by atoms with Crippen LogP contribution in [0.2, 0.25) is 0 Å². The summed E-state index contributed by atoms with van der Waals surface area (Å²) in [7, 11) is 1.95. The molecule has 3 heteroatoms. The molecule has 2 bridgehead atoms. The van der Waals surface area contributed by atoms with Gasteiger partial charge in [0.25, 0.3) is 0 Å². The van der Waals surface area contributed by atoms with Crippen molar-refractivity contribution < 1.29 is 4.79 Å². The third kappa shape index (κ3) is 1.96. The van der Waals surface area contributed by atoms with Crippen molar-refractivity contribution in [2.75, 3.05) is 13.6 Å². The Kier molecular flexibility index (Phi) is 3.30. The Balaban J connectivity index is 1.59. The van der Waals surface area contributed by atoms with Gasteiger partial charge in [-0.2, -0.15) is 0 Å². The molecule has 1 N–H and O–H groups in total. The van der Waals surface area contributed by atoms with E-state index in [1.54, 1.807) is 0 Å². The molecular weight excluding hydrogens is 248 g/mol. The van der Waals surface area contributed by atoms with Gasteiger partial charge in [0.05, 0.1) is 0 Å². The minimum atomic E-state index is 0.145. The van der Waals surface area contributed by atoms with E-state index in [9.17, 15) is 4.79 Å². The number of fused-ring (bicyclic) bond motifs is 2. The van der Waals surface area contributed by atoms with Crippen molar-refractivity contribution in [3.8, 4) is 0 Å². The maximum atomic E-state index is 12.4. The summed E-state index contributed by atoms with van der Waals surface area (Å²) in [5.74, 6) is 1.53. The zero-order valence-corrected chi connectivity index (χ0v) is 13.5. The van der Waals surface area contributed by atoms with Crippen LogP contribution in [0.25, 0.3) is 0 Å². The molecule has 0 aromatic carbocycles. The summed E-state index contributed by atoms with van der Waals surface area (Å²) in [6.45, 7) is 8.11. The lowest BCUT2D eigenvalue weighted by molar-refractivity contribution is 0.116. The number of rotatable bonds is 3. The zero-order chi connectivity index (χ0) is 14.5. The van der Waals surface area contributed by atoms with Crippen molar-refractivity contribution in [2.45, 2.75) is 65.3 Å². The molecule has 0 spiro atoms. The first kappa shape index (κ1) is 14.2. The molecule has 2 amide bonds. The van der Waals surface area contributed by atoms with Crippen molar-refractivity contribution >= 4 is 6.03 Å². The molecule has 0 aliphatic heterocycles. The number of nitrogens with one attached hydrogen (secondary N) is 1. The van der Waals surface area contributed by atoms with Gasteiger partial charge in [-0.3, -0.25) is 0 Å². The second kappa shape index (κ2) is 4.64. The van der Waals surface area contributed by atoms with E-state index in [0.717, 1.165) is 18.4 Å².